The normalized spacial score (nSPS) is 17.2. The third-order valence-electron chi connectivity index (χ3n) is 5.38. The van der Waals surface area contributed by atoms with Gasteiger partial charge in [-0.15, -0.1) is 0 Å². The molecule has 1 aliphatic heterocycles. The first-order valence-electron chi connectivity index (χ1n) is 11.3. The first kappa shape index (κ1) is 25.5. The lowest BCUT2D eigenvalue weighted by atomic mass is 9.92. The number of imide groups is 1. The summed E-state index contributed by atoms with van der Waals surface area (Å²) in [6.07, 6.45) is 1.38. The van der Waals surface area contributed by atoms with Gasteiger partial charge in [-0.25, -0.2) is 4.79 Å². The molecule has 2 N–H and O–H groups in total. The Morgan fingerprint density at radius 1 is 1.09 bits per heavy atom. The van der Waals surface area contributed by atoms with Crippen LogP contribution < -0.4 is 20.1 Å². The molecule has 0 saturated carbocycles. The smallest absolute Gasteiger partial charge is 0.325 e. The van der Waals surface area contributed by atoms with Crippen LogP contribution in [-0.4, -0.2) is 47.4 Å². The van der Waals surface area contributed by atoms with E-state index in [0.29, 0.717) is 31.6 Å². The van der Waals surface area contributed by atoms with Gasteiger partial charge in [-0.2, -0.15) is 0 Å². The summed E-state index contributed by atoms with van der Waals surface area (Å²) in [6, 6.07) is 10.4. The zero-order chi connectivity index (χ0) is 25.6. The Labute approximate surface area is 202 Å². The second-order valence-corrected chi connectivity index (χ2v) is 8.13. The number of nitrogens with one attached hydrogen (secondary N) is 2. The van der Waals surface area contributed by atoms with Crippen molar-refractivity contribution in [3.8, 4) is 11.5 Å². The van der Waals surface area contributed by atoms with Crippen molar-refractivity contribution >= 4 is 29.2 Å². The maximum Gasteiger partial charge on any atom is 0.325 e. The Bertz CT molecular complexity index is 1120. The number of ether oxygens (including phenoxy) is 2. The average Bonchev–Trinajstić information content (AvgIpc) is 3.06. The van der Waals surface area contributed by atoms with Crippen LogP contribution in [0.3, 0.4) is 0 Å². The number of urea groups is 1. The van der Waals surface area contributed by atoms with E-state index in [0.717, 1.165) is 4.90 Å². The first-order chi connectivity index (χ1) is 16.7. The summed E-state index contributed by atoms with van der Waals surface area (Å²) in [5.74, 6) is -0.947. The monoisotopic (exact) mass is 484 g/mol. The highest BCUT2D eigenvalue weighted by Gasteiger charge is 2.49. The number of anilines is 1. The van der Waals surface area contributed by atoms with Crippen LogP contribution in [0.25, 0.3) is 0 Å². The summed E-state index contributed by atoms with van der Waals surface area (Å²) < 4.78 is 11.2. The molecule has 11 heteroatoms. The molecule has 0 bridgehead atoms. The van der Waals surface area contributed by atoms with Gasteiger partial charge in [0.15, 0.2) is 11.5 Å². The first-order valence-corrected chi connectivity index (χ1v) is 11.3. The van der Waals surface area contributed by atoms with Crippen LogP contribution in [0.15, 0.2) is 42.5 Å². The number of nitro benzene ring substituents is 1. The number of nitro groups is 1. The third kappa shape index (κ3) is 5.51. The van der Waals surface area contributed by atoms with Gasteiger partial charge in [-0.1, -0.05) is 44.2 Å². The molecule has 0 radical (unpaired) electrons. The van der Waals surface area contributed by atoms with E-state index < -0.39 is 40.5 Å². The van der Waals surface area contributed by atoms with Gasteiger partial charge >= 0.3 is 6.03 Å². The molecule has 1 saturated heterocycles. The fourth-order valence-corrected chi connectivity index (χ4v) is 3.59. The summed E-state index contributed by atoms with van der Waals surface area (Å²) in [4.78, 5) is 50.1. The van der Waals surface area contributed by atoms with Gasteiger partial charge in [0.2, 0.25) is 5.91 Å². The molecule has 1 fully saturated rings. The molecular formula is C24H28N4O7. The van der Waals surface area contributed by atoms with E-state index >= 15 is 0 Å². The molecule has 11 nitrogen and oxygen atoms in total. The van der Waals surface area contributed by atoms with Crippen molar-refractivity contribution in [1.82, 2.24) is 10.2 Å². The van der Waals surface area contributed by atoms with Crippen molar-refractivity contribution in [3.05, 3.63) is 58.1 Å². The standard InChI is InChI=1S/C24H28N4O7/c1-4-11-34-19-13-17(18(28(32)33)14-20(19)35-12-5-2)25-21(29)15-27-22(30)24(3,26-23(27)31)16-9-7-6-8-10-16/h6-10,13-14H,4-5,11-12,15H2,1-3H3,(H,25,29)(H,26,31). The number of hydrogen-bond donors (Lipinski definition) is 2. The summed E-state index contributed by atoms with van der Waals surface area (Å²) in [5.41, 5.74) is -1.30. The summed E-state index contributed by atoms with van der Waals surface area (Å²) in [6.45, 7) is 5.41. The molecule has 35 heavy (non-hydrogen) atoms. The Morgan fingerprint density at radius 3 is 2.26 bits per heavy atom. The van der Waals surface area contributed by atoms with Crippen LogP contribution in [0.4, 0.5) is 16.2 Å². The van der Waals surface area contributed by atoms with E-state index in [1.54, 1.807) is 37.3 Å². The average molecular weight is 485 g/mol. The molecular weight excluding hydrogens is 456 g/mol. The molecule has 1 aliphatic rings. The van der Waals surface area contributed by atoms with E-state index in [4.69, 9.17) is 9.47 Å². The highest BCUT2D eigenvalue weighted by atomic mass is 16.6. The lowest BCUT2D eigenvalue weighted by Crippen LogP contribution is -2.42. The van der Waals surface area contributed by atoms with E-state index in [1.807, 2.05) is 13.8 Å². The van der Waals surface area contributed by atoms with Crippen LogP contribution >= 0.6 is 0 Å². The molecule has 2 aromatic carbocycles. The molecule has 1 unspecified atom stereocenters. The van der Waals surface area contributed by atoms with Crippen LogP contribution in [0.2, 0.25) is 0 Å². The highest BCUT2D eigenvalue weighted by Crippen LogP contribution is 2.38. The molecule has 1 atom stereocenters. The van der Waals surface area contributed by atoms with Gasteiger partial charge in [0.25, 0.3) is 11.6 Å². The van der Waals surface area contributed by atoms with E-state index in [-0.39, 0.29) is 17.2 Å². The minimum Gasteiger partial charge on any atom is -0.490 e. The van der Waals surface area contributed by atoms with Gasteiger partial charge in [-0.3, -0.25) is 24.6 Å². The molecule has 1 heterocycles. The lowest BCUT2D eigenvalue weighted by Gasteiger charge is -2.22. The summed E-state index contributed by atoms with van der Waals surface area (Å²) in [5, 5.41) is 16.7. The second kappa shape index (κ2) is 10.9. The quantitative estimate of drug-likeness (QED) is 0.282. The minimum atomic E-state index is -1.33. The van der Waals surface area contributed by atoms with Gasteiger partial charge in [0, 0.05) is 6.07 Å². The maximum atomic E-state index is 13.0. The van der Waals surface area contributed by atoms with Crippen molar-refractivity contribution in [3.63, 3.8) is 0 Å². The summed E-state index contributed by atoms with van der Waals surface area (Å²) in [7, 11) is 0. The largest absolute Gasteiger partial charge is 0.490 e. The maximum absolute atomic E-state index is 13.0. The Kier molecular flexibility index (Phi) is 7.90. The zero-order valence-corrected chi connectivity index (χ0v) is 19.8. The van der Waals surface area contributed by atoms with Gasteiger partial charge in [-0.05, 0) is 25.3 Å². The predicted octanol–water partition coefficient (Wildman–Crippen LogP) is 3.58. The topological polar surface area (TPSA) is 140 Å². The lowest BCUT2D eigenvalue weighted by molar-refractivity contribution is -0.384. The van der Waals surface area contributed by atoms with Crippen molar-refractivity contribution in [1.29, 1.82) is 0 Å². The third-order valence-corrected chi connectivity index (χ3v) is 5.38. The molecule has 0 aliphatic carbocycles. The molecule has 2 aromatic rings. The number of carbonyl (C=O) groups is 3. The number of amides is 4. The number of rotatable bonds is 11. The van der Waals surface area contributed by atoms with Crippen LogP contribution in [0.5, 0.6) is 11.5 Å². The Morgan fingerprint density at radius 2 is 1.69 bits per heavy atom. The molecule has 3 rings (SSSR count). The SMILES string of the molecule is CCCOc1cc(NC(=O)CN2C(=O)NC(C)(c3ccccc3)C2=O)c([N+](=O)[O-])cc1OCCC. The van der Waals surface area contributed by atoms with Gasteiger partial charge < -0.3 is 20.1 Å². The Balaban J connectivity index is 1.83. The molecule has 0 aromatic heterocycles. The minimum absolute atomic E-state index is 0.132. The number of hydrogen-bond acceptors (Lipinski definition) is 7. The zero-order valence-electron chi connectivity index (χ0n) is 19.8. The van der Waals surface area contributed by atoms with Crippen molar-refractivity contribution in [2.75, 3.05) is 25.1 Å². The van der Waals surface area contributed by atoms with Crippen molar-refractivity contribution in [2.24, 2.45) is 0 Å². The number of nitrogens with zero attached hydrogens (tertiary/aromatic N) is 2. The van der Waals surface area contributed by atoms with Gasteiger partial charge in [0.1, 0.15) is 17.8 Å². The predicted molar refractivity (Wildman–Crippen MR) is 127 cm³/mol. The van der Waals surface area contributed by atoms with Crippen LogP contribution in [0.1, 0.15) is 39.2 Å². The van der Waals surface area contributed by atoms with Crippen LogP contribution in [0, 0.1) is 10.1 Å². The fraction of sp³-hybridized carbons (Fsp3) is 0.375. The Hall–Kier alpha value is -4.15. The van der Waals surface area contributed by atoms with Gasteiger partial charge in [0.05, 0.1) is 24.2 Å². The van der Waals surface area contributed by atoms with E-state index in [9.17, 15) is 24.5 Å². The van der Waals surface area contributed by atoms with E-state index in [1.165, 1.54) is 12.1 Å². The fourth-order valence-electron chi connectivity index (χ4n) is 3.59. The highest BCUT2D eigenvalue weighted by molar-refractivity contribution is 6.10. The molecule has 186 valence electrons. The van der Waals surface area contributed by atoms with E-state index in [2.05, 4.69) is 10.6 Å². The van der Waals surface area contributed by atoms with Crippen LogP contribution in [-0.2, 0) is 15.1 Å². The molecule has 4 amide bonds. The molecule has 0 spiro atoms. The number of carbonyl (C=O) groups excluding carboxylic acids is 3. The van der Waals surface area contributed by atoms with Crippen molar-refractivity contribution in [2.45, 2.75) is 39.2 Å². The summed E-state index contributed by atoms with van der Waals surface area (Å²) >= 11 is 0. The van der Waals surface area contributed by atoms with Crippen molar-refractivity contribution < 1.29 is 28.8 Å². The number of benzene rings is 2. The second-order valence-electron chi connectivity index (χ2n) is 8.13.